The Balaban J connectivity index is 0.00000256. The summed E-state index contributed by atoms with van der Waals surface area (Å²) >= 11 is 0. The number of imide groups is 1. The van der Waals surface area contributed by atoms with Crippen molar-refractivity contribution >= 4 is 39.7 Å². The summed E-state index contributed by atoms with van der Waals surface area (Å²) < 4.78 is 39.1. The molecule has 3 rings (SSSR count). The summed E-state index contributed by atoms with van der Waals surface area (Å²) in [5, 5.41) is 9.83. The van der Waals surface area contributed by atoms with Gasteiger partial charge in [-0.1, -0.05) is 18.2 Å². The van der Waals surface area contributed by atoms with Gasteiger partial charge in [-0.2, -0.15) is 8.42 Å². The minimum absolute atomic E-state index is 0. The van der Waals surface area contributed by atoms with Crippen LogP contribution in [-0.4, -0.2) is 47.5 Å². The van der Waals surface area contributed by atoms with Gasteiger partial charge in [0.25, 0.3) is 5.91 Å². The van der Waals surface area contributed by atoms with Crippen molar-refractivity contribution in [1.82, 2.24) is 4.98 Å². The molecule has 0 spiro atoms. The maximum atomic E-state index is 13.0. The maximum Gasteiger partial charge on any atom is 1.00 e. The number of fused-ring (bicyclic) bond motifs is 1. The molecule has 0 fully saturated rings. The Bertz CT molecular complexity index is 1160. The van der Waals surface area contributed by atoms with Gasteiger partial charge >= 0.3 is 46.0 Å². The molecule has 0 saturated carbocycles. The van der Waals surface area contributed by atoms with Crippen LogP contribution >= 0.6 is 0 Å². The van der Waals surface area contributed by atoms with Gasteiger partial charge in [-0.15, -0.1) is 0 Å². The number of ether oxygens (including phenoxy) is 1. The van der Waals surface area contributed by atoms with E-state index >= 15 is 0 Å². The third-order valence-corrected chi connectivity index (χ3v) is 4.85. The quantitative estimate of drug-likeness (QED) is 0.230. The van der Waals surface area contributed by atoms with E-state index in [1.54, 1.807) is 30.3 Å². The Morgan fingerprint density at radius 1 is 1.32 bits per heavy atom. The molecule has 1 aliphatic rings. The summed E-state index contributed by atoms with van der Waals surface area (Å²) in [6, 6.07) is 8.49. The molecule has 2 amide bonds. The molecule has 0 aliphatic carbocycles. The summed E-state index contributed by atoms with van der Waals surface area (Å²) in [5.74, 6) is -3.17. The largest absolute Gasteiger partial charge is 1.00 e. The van der Waals surface area contributed by atoms with E-state index in [1.165, 1.54) is 0 Å². The number of benzene rings is 1. The summed E-state index contributed by atoms with van der Waals surface area (Å²) in [5.41, 5.74) is 3.58. The Morgan fingerprint density at radius 3 is 2.55 bits per heavy atom. The van der Waals surface area contributed by atoms with E-state index in [9.17, 15) is 23.1 Å². The van der Waals surface area contributed by atoms with Gasteiger partial charge in [-0.05, 0) is 44.5 Å². The fourth-order valence-electron chi connectivity index (χ4n) is 3.12. The first-order valence-electron chi connectivity index (χ1n) is 8.77. The van der Waals surface area contributed by atoms with Gasteiger partial charge in [-0.3, -0.25) is 9.35 Å². The van der Waals surface area contributed by atoms with E-state index in [4.69, 9.17) is 9.29 Å². The fraction of sp³-hybridized carbons (Fsp3) is 0.263. The van der Waals surface area contributed by atoms with Crippen molar-refractivity contribution in [2.45, 2.75) is 26.6 Å². The molecule has 1 atom stereocenters. The first-order valence-corrected chi connectivity index (χ1v) is 10.1. The number of rotatable bonds is 5. The number of aromatic nitrogens is 1. The average molecular weight is 460 g/mol. The molecule has 1 aromatic carbocycles. The number of nitrogens with zero attached hydrogens (tertiary/aromatic N) is 1. The van der Waals surface area contributed by atoms with Crippen LogP contribution in [0.5, 0.6) is 0 Å². The minimum Gasteiger partial charge on any atom is -1.00 e. The molecular weight excluding hydrogens is 439 g/mol. The number of anilines is 1. The molecule has 2 heterocycles. The molecule has 10 nitrogen and oxygen atoms in total. The monoisotopic (exact) mass is 460 g/mol. The van der Waals surface area contributed by atoms with E-state index in [0.29, 0.717) is 11.3 Å². The van der Waals surface area contributed by atoms with Crippen molar-refractivity contribution in [3.63, 3.8) is 0 Å². The van der Waals surface area contributed by atoms with E-state index in [-0.39, 0.29) is 42.2 Å². The van der Waals surface area contributed by atoms with Crippen molar-refractivity contribution in [2.75, 3.05) is 11.5 Å². The molecule has 12 heteroatoms. The number of H-pyrrole nitrogens is 1. The minimum atomic E-state index is -4.99. The summed E-state index contributed by atoms with van der Waals surface area (Å²) in [6.07, 6.45) is 0.489. The van der Waals surface area contributed by atoms with Gasteiger partial charge in [0, 0.05) is 17.0 Å². The van der Waals surface area contributed by atoms with E-state index in [2.05, 4.69) is 9.17 Å². The van der Waals surface area contributed by atoms with E-state index < -0.39 is 34.8 Å². The number of amides is 2. The molecule has 0 bridgehead atoms. The second-order valence-electron chi connectivity index (χ2n) is 7.01. The van der Waals surface area contributed by atoms with Gasteiger partial charge in [0.05, 0.1) is 11.3 Å². The zero-order valence-corrected chi connectivity index (χ0v) is 20.2. The number of hydrogen-bond acceptors (Lipinski definition) is 7. The Hall–Kier alpha value is -1.99. The predicted molar refractivity (Wildman–Crippen MR) is 108 cm³/mol. The zero-order chi connectivity index (χ0) is 22.3. The number of aryl methyl sites for hydroxylation is 2. The van der Waals surface area contributed by atoms with E-state index in [1.807, 2.05) is 19.9 Å². The van der Waals surface area contributed by atoms with Crippen molar-refractivity contribution in [1.29, 1.82) is 0 Å². The third-order valence-electron chi connectivity index (χ3n) is 4.28. The Morgan fingerprint density at radius 2 is 1.97 bits per heavy atom. The number of aliphatic hydroxyl groups is 1. The smallest absolute Gasteiger partial charge is 1.00 e. The van der Waals surface area contributed by atoms with Gasteiger partial charge in [-0.25, -0.2) is 13.9 Å². The van der Waals surface area contributed by atoms with Crippen LogP contribution in [0.1, 0.15) is 30.9 Å². The molecular formula is C19H21N2NaO8S. The topological polar surface area (TPSA) is 146 Å². The van der Waals surface area contributed by atoms with Crippen LogP contribution < -0.4 is 34.5 Å². The molecule has 0 radical (unpaired) electrons. The fourth-order valence-corrected chi connectivity index (χ4v) is 3.62. The third kappa shape index (κ3) is 5.83. The maximum absolute atomic E-state index is 13.0. The molecule has 1 aliphatic heterocycles. The molecule has 0 saturated heterocycles. The first-order chi connectivity index (χ1) is 13.9. The number of aromatic amines is 1. The van der Waals surface area contributed by atoms with Gasteiger partial charge in [0.2, 0.25) is 5.79 Å². The van der Waals surface area contributed by atoms with Crippen LogP contribution in [0.3, 0.4) is 0 Å². The Kier molecular flexibility index (Phi) is 7.54. The van der Waals surface area contributed by atoms with Crippen LogP contribution in [0.4, 0.5) is 10.5 Å². The van der Waals surface area contributed by atoms with Crippen LogP contribution in [0.2, 0.25) is 0 Å². The van der Waals surface area contributed by atoms with Crippen molar-refractivity contribution in [2.24, 2.45) is 0 Å². The molecule has 2 aromatic rings. The van der Waals surface area contributed by atoms with Crippen LogP contribution in [0.25, 0.3) is 11.6 Å². The first kappa shape index (κ1) is 25.3. The number of para-hydroxylation sites is 1. The summed E-state index contributed by atoms with van der Waals surface area (Å²) in [7, 11) is -4.99. The van der Waals surface area contributed by atoms with Crippen molar-refractivity contribution in [3.8, 4) is 0 Å². The molecule has 31 heavy (non-hydrogen) atoms. The molecule has 1 unspecified atom stereocenters. The van der Waals surface area contributed by atoms with Crippen LogP contribution in [-0.2, 0) is 24.1 Å². The van der Waals surface area contributed by atoms with E-state index in [0.717, 1.165) is 23.1 Å². The normalized spacial score (nSPS) is 16.6. The van der Waals surface area contributed by atoms with Gasteiger partial charge < -0.3 is 16.3 Å². The van der Waals surface area contributed by atoms with Gasteiger partial charge in [0.15, 0.2) is 0 Å². The zero-order valence-electron chi connectivity index (χ0n) is 18.4. The van der Waals surface area contributed by atoms with Crippen molar-refractivity contribution < 1.29 is 67.6 Å². The summed E-state index contributed by atoms with van der Waals surface area (Å²) in [4.78, 5) is 29.5. The van der Waals surface area contributed by atoms with Crippen LogP contribution in [0.15, 0.2) is 30.3 Å². The summed E-state index contributed by atoms with van der Waals surface area (Å²) in [6.45, 7) is 3.68. The molecule has 3 N–H and O–H groups in total. The molecule has 162 valence electrons. The SMILES string of the molecule is Cc1cc(C)c(/C=C2\C(=O)N(C(=O)OCC(C)(O)OS(=O)(=O)O)c3ccccc32)[nH]1.[H-].[Na+]. The standard InChI is InChI=1S/C19H20N2O8S.Na.H/c1-11-8-12(2)20-15(11)9-14-13-6-4-5-7-16(13)21(17(14)22)18(23)28-10-19(3,24)29-30(25,26)27;;/h4-9,20,24H,10H2,1-3H3,(H,25,26,27);;/q;+1;-1/b14-9-;;. The predicted octanol–water partition coefficient (Wildman–Crippen LogP) is -0.700. The second kappa shape index (κ2) is 9.25. The second-order valence-corrected chi connectivity index (χ2v) is 8.03. The number of carbonyl (C=O) groups excluding carboxylic acids is 2. The van der Waals surface area contributed by atoms with Crippen LogP contribution in [0, 0.1) is 13.8 Å². The number of hydrogen-bond donors (Lipinski definition) is 3. The van der Waals surface area contributed by atoms with Crippen molar-refractivity contribution in [3.05, 3.63) is 52.8 Å². The molecule has 1 aromatic heterocycles. The van der Waals surface area contributed by atoms with Gasteiger partial charge in [0.1, 0.15) is 6.61 Å². The average Bonchev–Trinajstić information content (AvgIpc) is 3.07. The Labute approximate surface area is 202 Å². The number of nitrogens with one attached hydrogen (secondary N) is 1. The number of carbonyl (C=O) groups is 2.